The summed E-state index contributed by atoms with van der Waals surface area (Å²) in [7, 11) is 0. The lowest BCUT2D eigenvalue weighted by molar-refractivity contribution is 0.0420. The normalized spacial score (nSPS) is 13.3. The third-order valence-electron chi connectivity index (χ3n) is 3.28. The van der Waals surface area contributed by atoms with Crippen LogP contribution in [0, 0.1) is 0 Å². The second-order valence-electron chi connectivity index (χ2n) is 6.39. The number of hydrogen-bond acceptors (Lipinski definition) is 3. The van der Waals surface area contributed by atoms with Crippen LogP contribution in [-0.4, -0.2) is 5.54 Å². The molecule has 2 aromatic rings. The van der Waals surface area contributed by atoms with Crippen LogP contribution in [0.3, 0.4) is 0 Å². The first-order valence-corrected chi connectivity index (χ1v) is 7.42. The van der Waals surface area contributed by atoms with Crippen LogP contribution in [0.2, 0.25) is 0 Å². The molecule has 0 saturated heterocycles. The van der Waals surface area contributed by atoms with Crippen LogP contribution >= 0.6 is 0 Å². The molecule has 1 heterocycles. The van der Waals surface area contributed by atoms with Gasteiger partial charge >= 0.3 is 0 Å². The Morgan fingerprint density at radius 2 is 1.90 bits per heavy atom. The molecule has 0 aliphatic rings. The highest BCUT2D eigenvalue weighted by Gasteiger charge is 2.11. The van der Waals surface area contributed by atoms with E-state index in [-0.39, 0.29) is 11.6 Å². The first-order valence-electron chi connectivity index (χ1n) is 7.42. The molecule has 3 heteroatoms. The van der Waals surface area contributed by atoms with E-state index in [4.69, 9.17) is 9.15 Å². The summed E-state index contributed by atoms with van der Waals surface area (Å²) < 4.78 is 11.4. The van der Waals surface area contributed by atoms with E-state index in [1.165, 1.54) is 5.56 Å². The average molecular weight is 287 g/mol. The van der Waals surface area contributed by atoms with Crippen molar-refractivity contribution >= 4 is 0 Å². The van der Waals surface area contributed by atoms with Gasteiger partial charge < -0.3 is 14.5 Å². The van der Waals surface area contributed by atoms with Crippen molar-refractivity contribution < 1.29 is 9.15 Å². The second-order valence-corrected chi connectivity index (χ2v) is 6.39. The molecule has 1 unspecified atom stereocenters. The fourth-order valence-electron chi connectivity index (χ4n) is 1.99. The Morgan fingerprint density at radius 3 is 2.57 bits per heavy atom. The van der Waals surface area contributed by atoms with Crippen LogP contribution in [0.4, 0.5) is 0 Å². The molecule has 1 aromatic heterocycles. The molecule has 2 rings (SSSR count). The number of benzene rings is 1. The second kappa shape index (κ2) is 6.92. The summed E-state index contributed by atoms with van der Waals surface area (Å²) in [5, 5.41) is 3.44. The fraction of sp³-hybridized carbons (Fsp3) is 0.444. The highest BCUT2D eigenvalue weighted by molar-refractivity contribution is 5.17. The summed E-state index contributed by atoms with van der Waals surface area (Å²) in [6.07, 6.45) is 1.86. The molecule has 0 bridgehead atoms. The summed E-state index contributed by atoms with van der Waals surface area (Å²) in [6.45, 7) is 9.81. The van der Waals surface area contributed by atoms with Gasteiger partial charge in [-0.2, -0.15) is 0 Å². The van der Waals surface area contributed by atoms with Crippen molar-refractivity contribution in [2.24, 2.45) is 0 Å². The molecule has 21 heavy (non-hydrogen) atoms. The smallest absolute Gasteiger partial charge is 0.129 e. The Labute approximate surface area is 127 Å². The van der Waals surface area contributed by atoms with Gasteiger partial charge in [-0.05, 0) is 39.3 Å². The summed E-state index contributed by atoms with van der Waals surface area (Å²) in [5.74, 6) is 0.864. The maximum absolute atomic E-state index is 5.86. The van der Waals surface area contributed by atoms with Crippen molar-refractivity contribution in [3.63, 3.8) is 0 Å². The maximum atomic E-state index is 5.86. The molecule has 1 aromatic carbocycles. The van der Waals surface area contributed by atoms with Gasteiger partial charge in [-0.1, -0.05) is 30.3 Å². The van der Waals surface area contributed by atoms with Gasteiger partial charge in [0.25, 0.3) is 0 Å². The van der Waals surface area contributed by atoms with Crippen LogP contribution in [-0.2, 0) is 17.9 Å². The molecule has 0 aliphatic heterocycles. The molecule has 3 nitrogen and oxygen atoms in total. The summed E-state index contributed by atoms with van der Waals surface area (Å²) >= 11 is 0. The van der Waals surface area contributed by atoms with E-state index < -0.39 is 0 Å². The highest BCUT2D eigenvalue weighted by atomic mass is 16.5. The number of ether oxygens (including phenoxy) is 1. The fourth-order valence-corrected chi connectivity index (χ4v) is 1.99. The standard InChI is InChI=1S/C18H25NO2/c1-14(16-8-6-5-7-9-16)20-13-17-10-15(12-21-17)11-19-18(2,3)4/h5-10,12,14,19H,11,13H2,1-4H3. The van der Waals surface area contributed by atoms with Crippen LogP contribution in [0.5, 0.6) is 0 Å². The molecule has 0 fully saturated rings. The van der Waals surface area contributed by atoms with E-state index >= 15 is 0 Å². The lowest BCUT2D eigenvalue weighted by atomic mass is 10.1. The Balaban J connectivity index is 1.83. The van der Waals surface area contributed by atoms with Crippen molar-refractivity contribution in [2.45, 2.75) is 52.5 Å². The molecule has 0 spiro atoms. The van der Waals surface area contributed by atoms with Crippen molar-refractivity contribution in [1.82, 2.24) is 5.32 Å². The van der Waals surface area contributed by atoms with Gasteiger partial charge in [0, 0.05) is 17.6 Å². The van der Waals surface area contributed by atoms with Crippen molar-refractivity contribution in [3.8, 4) is 0 Å². The molecule has 0 radical (unpaired) electrons. The average Bonchev–Trinajstić information content (AvgIpc) is 2.91. The zero-order chi connectivity index (χ0) is 15.3. The van der Waals surface area contributed by atoms with E-state index in [0.717, 1.165) is 17.9 Å². The number of nitrogens with one attached hydrogen (secondary N) is 1. The van der Waals surface area contributed by atoms with Gasteiger partial charge in [0.1, 0.15) is 12.4 Å². The van der Waals surface area contributed by atoms with E-state index in [2.05, 4.69) is 51.2 Å². The molecule has 1 N–H and O–H groups in total. The highest BCUT2D eigenvalue weighted by Crippen LogP contribution is 2.19. The largest absolute Gasteiger partial charge is 0.467 e. The lowest BCUT2D eigenvalue weighted by Crippen LogP contribution is -2.34. The minimum absolute atomic E-state index is 0.0625. The van der Waals surface area contributed by atoms with Gasteiger partial charge in [-0.25, -0.2) is 0 Å². The van der Waals surface area contributed by atoms with E-state index in [1.807, 2.05) is 18.2 Å². The SMILES string of the molecule is CC(OCc1cc(CNC(C)(C)C)co1)c1ccccc1. The molecule has 0 aliphatic carbocycles. The van der Waals surface area contributed by atoms with E-state index in [9.17, 15) is 0 Å². The van der Waals surface area contributed by atoms with Crippen molar-refractivity contribution in [2.75, 3.05) is 0 Å². The summed E-state index contributed by atoms with van der Waals surface area (Å²) in [5.41, 5.74) is 2.44. The Kier molecular flexibility index (Phi) is 5.21. The maximum Gasteiger partial charge on any atom is 0.129 e. The summed E-state index contributed by atoms with van der Waals surface area (Å²) in [4.78, 5) is 0. The topological polar surface area (TPSA) is 34.4 Å². The van der Waals surface area contributed by atoms with Crippen molar-refractivity contribution in [1.29, 1.82) is 0 Å². The molecule has 0 saturated carbocycles. The lowest BCUT2D eigenvalue weighted by Gasteiger charge is -2.19. The number of furan rings is 1. The van der Waals surface area contributed by atoms with E-state index in [1.54, 1.807) is 6.26 Å². The van der Waals surface area contributed by atoms with Gasteiger partial charge in [-0.15, -0.1) is 0 Å². The van der Waals surface area contributed by atoms with E-state index in [0.29, 0.717) is 6.61 Å². The quantitative estimate of drug-likeness (QED) is 0.852. The van der Waals surface area contributed by atoms with Crippen LogP contribution in [0.25, 0.3) is 0 Å². The molecule has 0 amide bonds. The zero-order valence-corrected chi connectivity index (χ0v) is 13.3. The van der Waals surface area contributed by atoms with Gasteiger partial charge in [0.15, 0.2) is 0 Å². The minimum atomic E-state index is 0.0625. The first kappa shape index (κ1) is 15.8. The van der Waals surface area contributed by atoms with Crippen molar-refractivity contribution in [3.05, 3.63) is 59.5 Å². The van der Waals surface area contributed by atoms with Crippen LogP contribution < -0.4 is 5.32 Å². The predicted molar refractivity (Wildman–Crippen MR) is 84.9 cm³/mol. The molecular formula is C18H25NO2. The summed E-state index contributed by atoms with van der Waals surface area (Å²) in [6, 6.07) is 12.3. The van der Waals surface area contributed by atoms with Gasteiger partial charge in [0.2, 0.25) is 0 Å². The first-order chi connectivity index (χ1) is 9.94. The third-order valence-corrected chi connectivity index (χ3v) is 3.28. The number of hydrogen-bond donors (Lipinski definition) is 1. The molecular weight excluding hydrogens is 262 g/mol. The van der Waals surface area contributed by atoms with Crippen LogP contribution in [0.15, 0.2) is 47.1 Å². The minimum Gasteiger partial charge on any atom is -0.467 e. The third kappa shape index (κ3) is 5.37. The Hall–Kier alpha value is -1.58. The predicted octanol–water partition coefficient (Wildman–Crippen LogP) is 4.45. The molecule has 114 valence electrons. The zero-order valence-electron chi connectivity index (χ0n) is 13.3. The Bertz CT molecular complexity index is 540. The van der Waals surface area contributed by atoms with Crippen LogP contribution in [0.1, 0.15) is 50.7 Å². The monoisotopic (exact) mass is 287 g/mol. The Morgan fingerprint density at radius 1 is 1.19 bits per heavy atom. The molecule has 1 atom stereocenters. The van der Waals surface area contributed by atoms with Gasteiger partial charge in [-0.3, -0.25) is 0 Å². The number of rotatable bonds is 6. The van der Waals surface area contributed by atoms with Gasteiger partial charge in [0.05, 0.1) is 12.4 Å².